The Hall–Kier alpha value is -1.31. The van der Waals surface area contributed by atoms with Crippen LogP contribution < -0.4 is 14.8 Å². The molecule has 0 radical (unpaired) electrons. The van der Waals surface area contributed by atoms with E-state index in [1.54, 1.807) is 31.2 Å². The zero-order valence-electron chi connectivity index (χ0n) is 12.7. The fourth-order valence-corrected chi connectivity index (χ4v) is 2.13. The maximum atomic E-state index is 11.4. The lowest BCUT2D eigenvalue weighted by atomic mass is 10.3. The summed E-state index contributed by atoms with van der Waals surface area (Å²) in [7, 11) is -3.27. The van der Waals surface area contributed by atoms with Crippen LogP contribution >= 0.6 is 0 Å². The number of nitrogens with one attached hydrogen (secondary N) is 2. The van der Waals surface area contributed by atoms with Crippen molar-refractivity contribution >= 4 is 15.7 Å². The topological polar surface area (TPSA) is 87.7 Å². The molecule has 0 aliphatic carbocycles. The standard InChI is InChI=1S/C14H24N2O4S/c1-4-21(18,19)16-12-5-7-14(8-6-12)20-10-13(17)9-15-11(2)3/h5-8,11,13,15-17H,4,9-10H2,1-3H3. The van der Waals surface area contributed by atoms with Crippen LogP contribution in [0.4, 0.5) is 5.69 Å². The van der Waals surface area contributed by atoms with Crippen LogP contribution in [0.5, 0.6) is 5.75 Å². The first-order valence-electron chi connectivity index (χ1n) is 6.97. The lowest BCUT2D eigenvalue weighted by Crippen LogP contribution is -2.35. The van der Waals surface area contributed by atoms with E-state index in [-0.39, 0.29) is 12.4 Å². The van der Waals surface area contributed by atoms with Crippen molar-refractivity contribution in [2.75, 3.05) is 23.6 Å². The predicted molar refractivity (Wildman–Crippen MR) is 84.2 cm³/mol. The minimum atomic E-state index is -3.27. The van der Waals surface area contributed by atoms with Gasteiger partial charge in [0.1, 0.15) is 18.5 Å². The van der Waals surface area contributed by atoms with Crippen LogP contribution in [0.2, 0.25) is 0 Å². The zero-order valence-corrected chi connectivity index (χ0v) is 13.5. The van der Waals surface area contributed by atoms with Gasteiger partial charge in [-0.05, 0) is 31.2 Å². The molecule has 0 aromatic heterocycles. The van der Waals surface area contributed by atoms with Crippen molar-refractivity contribution in [3.63, 3.8) is 0 Å². The summed E-state index contributed by atoms with van der Waals surface area (Å²) in [5.41, 5.74) is 0.492. The van der Waals surface area contributed by atoms with Gasteiger partial charge < -0.3 is 15.2 Å². The predicted octanol–water partition coefficient (Wildman–Crippen LogP) is 1.19. The van der Waals surface area contributed by atoms with Gasteiger partial charge in [0.05, 0.1) is 5.75 Å². The third kappa shape index (κ3) is 7.31. The molecule has 1 atom stereocenters. The lowest BCUT2D eigenvalue weighted by Gasteiger charge is -2.15. The molecule has 1 unspecified atom stereocenters. The Labute approximate surface area is 126 Å². The van der Waals surface area contributed by atoms with E-state index in [0.717, 1.165) is 0 Å². The van der Waals surface area contributed by atoms with Crippen LogP contribution in [0.1, 0.15) is 20.8 Å². The maximum absolute atomic E-state index is 11.4. The molecule has 1 aromatic carbocycles. The van der Waals surface area contributed by atoms with Crippen LogP contribution in [0.15, 0.2) is 24.3 Å². The number of aliphatic hydroxyl groups is 1. The molecule has 0 saturated heterocycles. The molecular formula is C14H24N2O4S. The molecule has 0 aliphatic rings. The maximum Gasteiger partial charge on any atom is 0.232 e. The Kier molecular flexibility index (Phi) is 6.94. The Morgan fingerprint density at radius 2 is 1.86 bits per heavy atom. The molecule has 0 heterocycles. The van der Waals surface area contributed by atoms with Crippen molar-refractivity contribution in [3.05, 3.63) is 24.3 Å². The van der Waals surface area contributed by atoms with Crippen LogP contribution in [0.3, 0.4) is 0 Å². The average Bonchev–Trinajstić information content (AvgIpc) is 2.44. The van der Waals surface area contributed by atoms with Gasteiger partial charge in [0.2, 0.25) is 10.0 Å². The molecule has 1 aromatic rings. The number of anilines is 1. The lowest BCUT2D eigenvalue weighted by molar-refractivity contribution is 0.104. The highest BCUT2D eigenvalue weighted by Gasteiger charge is 2.08. The van der Waals surface area contributed by atoms with E-state index in [2.05, 4.69) is 10.0 Å². The Morgan fingerprint density at radius 1 is 1.24 bits per heavy atom. The first-order valence-corrected chi connectivity index (χ1v) is 8.62. The fraction of sp³-hybridized carbons (Fsp3) is 0.571. The highest BCUT2D eigenvalue weighted by molar-refractivity contribution is 7.92. The van der Waals surface area contributed by atoms with Gasteiger partial charge in [-0.15, -0.1) is 0 Å². The van der Waals surface area contributed by atoms with Gasteiger partial charge >= 0.3 is 0 Å². The van der Waals surface area contributed by atoms with Gasteiger partial charge in [0.15, 0.2) is 0 Å². The number of benzene rings is 1. The van der Waals surface area contributed by atoms with E-state index >= 15 is 0 Å². The molecule has 0 saturated carbocycles. The van der Waals surface area contributed by atoms with Crippen molar-refractivity contribution in [2.24, 2.45) is 0 Å². The first-order chi connectivity index (χ1) is 9.82. The second-order valence-electron chi connectivity index (χ2n) is 5.06. The molecular weight excluding hydrogens is 292 g/mol. The van der Waals surface area contributed by atoms with E-state index in [4.69, 9.17) is 4.74 Å². The van der Waals surface area contributed by atoms with Gasteiger partial charge in [-0.25, -0.2) is 8.42 Å². The van der Waals surface area contributed by atoms with Crippen LogP contribution in [-0.4, -0.2) is 44.6 Å². The highest BCUT2D eigenvalue weighted by atomic mass is 32.2. The van der Waals surface area contributed by atoms with Crippen LogP contribution in [0, 0.1) is 0 Å². The minimum Gasteiger partial charge on any atom is -0.491 e. The number of hydrogen-bond donors (Lipinski definition) is 3. The van der Waals surface area contributed by atoms with Crippen LogP contribution in [0.25, 0.3) is 0 Å². The molecule has 7 heteroatoms. The molecule has 120 valence electrons. The van der Waals surface area contributed by atoms with E-state index in [1.165, 1.54) is 0 Å². The molecule has 0 spiro atoms. The van der Waals surface area contributed by atoms with Crippen molar-refractivity contribution in [3.8, 4) is 5.75 Å². The number of hydrogen-bond acceptors (Lipinski definition) is 5. The highest BCUT2D eigenvalue weighted by Crippen LogP contribution is 2.16. The summed E-state index contributed by atoms with van der Waals surface area (Å²) in [6.07, 6.45) is -0.592. The first kappa shape index (κ1) is 17.7. The molecule has 6 nitrogen and oxygen atoms in total. The molecule has 3 N–H and O–H groups in total. The Balaban J connectivity index is 2.44. The van der Waals surface area contributed by atoms with E-state index in [9.17, 15) is 13.5 Å². The summed E-state index contributed by atoms with van der Waals surface area (Å²) in [4.78, 5) is 0. The van der Waals surface area contributed by atoms with Crippen molar-refractivity contribution < 1.29 is 18.3 Å². The van der Waals surface area contributed by atoms with Gasteiger partial charge in [-0.1, -0.05) is 13.8 Å². The van der Waals surface area contributed by atoms with Gasteiger partial charge in [0.25, 0.3) is 0 Å². The molecule has 0 aliphatic heterocycles. The summed E-state index contributed by atoms with van der Waals surface area (Å²) in [5.74, 6) is 0.610. The van der Waals surface area contributed by atoms with Crippen molar-refractivity contribution in [1.29, 1.82) is 0 Å². The largest absolute Gasteiger partial charge is 0.491 e. The van der Waals surface area contributed by atoms with Crippen molar-refractivity contribution in [1.82, 2.24) is 5.32 Å². The molecule has 0 fully saturated rings. The summed E-state index contributed by atoms with van der Waals surface area (Å²) in [6.45, 7) is 6.23. The third-order valence-electron chi connectivity index (χ3n) is 2.71. The quantitative estimate of drug-likeness (QED) is 0.637. The normalized spacial score (nSPS) is 13.2. The molecule has 21 heavy (non-hydrogen) atoms. The fourth-order valence-electron chi connectivity index (χ4n) is 1.49. The summed E-state index contributed by atoms with van der Waals surface area (Å²) >= 11 is 0. The van der Waals surface area contributed by atoms with Gasteiger partial charge in [-0.3, -0.25) is 4.72 Å². The van der Waals surface area contributed by atoms with Gasteiger partial charge in [-0.2, -0.15) is 0 Å². The monoisotopic (exact) mass is 316 g/mol. The summed E-state index contributed by atoms with van der Waals surface area (Å²) in [6, 6.07) is 6.89. The van der Waals surface area contributed by atoms with Gasteiger partial charge in [0, 0.05) is 18.3 Å². The second kappa shape index (κ2) is 8.21. The summed E-state index contributed by atoms with van der Waals surface area (Å²) < 4.78 is 30.7. The summed E-state index contributed by atoms with van der Waals surface area (Å²) in [5, 5.41) is 12.8. The number of rotatable bonds is 9. The third-order valence-corrected chi connectivity index (χ3v) is 4.02. The molecule has 0 bridgehead atoms. The van der Waals surface area contributed by atoms with E-state index in [0.29, 0.717) is 24.0 Å². The molecule has 1 rings (SSSR count). The number of aliphatic hydroxyl groups excluding tert-OH is 1. The SMILES string of the molecule is CCS(=O)(=O)Nc1ccc(OCC(O)CNC(C)C)cc1. The average molecular weight is 316 g/mol. The second-order valence-corrected chi connectivity index (χ2v) is 7.07. The molecule has 0 amide bonds. The van der Waals surface area contributed by atoms with Crippen LogP contribution in [-0.2, 0) is 10.0 Å². The Bertz CT molecular complexity index is 514. The smallest absolute Gasteiger partial charge is 0.232 e. The zero-order chi connectivity index (χ0) is 15.9. The van der Waals surface area contributed by atoms with E-state index in [1.807, 2.05) is 13.8 Å². The Morgan fingerprint density at radius 3 is 2.38 bits per heavy atom. The number of sulfonamides is 1. The van der Waals surface area contributed by atoms with E-state index < -0.39 is 16.1 Å². The minimum absolute atomic E-state index is 0.0281. The van der Waals surface area contributed by atoms with Crippen molar-refractivity contribution in [2.45, 2.75) is 32.9 Å². The number of ether oxygens (including phenoxy) is 1.